The summed E-state index contributed by atoms with van der Waals surface area (Å²) in [6.45, 7) is 5.81. The van der Waals surface area contributed by atoms with Gasteiger partial charge in [-0.25, -0.2) is 13.7 Å². The van der Waals surface area contributed by atoms with Crippen molar-refractivity contribution in [2.45, 2.75) is 25.4 Å². The molecule has 8 rings (SSSR count). The Morgan fingerprint density at radius 3 is 2.58 bits per heavy atom. The van der Waals surface area contributed by atoms with E-state index in [2.05, 4.69) is 26.9 Å². The summed E-state index contributed by atoms with van der Waals surface area (Å²) in [5, 5.41) is 19.3. The Kier molecular flexibility index (Phi) is 8.80. The maximum Gasteiger partial charge on any atom is 0.345 e. The molecule has 1 aliphatic carbocycles. The Hall–Kier alpha value is -4.71. The van der Waals surface area contributed by atoms with Crippen LogP contribution in [0.4, 0.5) is 4.39 Å². The van der Waals surface area contributed by atoms with Crippen LogP contribution in [0.5, 0.6) is 17.4 Å². The lowest BCUT2D eigenvalue weighted by atomic mass is 9.95. The van der Waals surface area contributed by atoms with Crippen LogP contribution in [0.15, 0.2) is 67.1 Å². The third-order valence-corrected chi connectivity index (χ3v) is 10.2. The number of hydrogen-bond donors (Lipinski definition) is 1. The number of fused-ring (bicyclic) bond motifs is 8. The van der Waals surface area contributed by atoms with E-state index in [0.717, 1.165) is 61.9 Å². The third-order valence-electron chi connectivity index (χ3n) is 9.80. The highest BCUT2D eigenvalue weighted by atomic mass is 35.5. The summed E-state index contributed by atoms with van der Waals surface area (Å²) in [7, 11) is 2.12. The van der Waals surface area contributed by atoms with Crippen molar-refractivity contribution in [2.24, 2.45) is 5.92 Å². The van der Waals surface area contributed by atoms with Crippen molar-refractivity contribution in [3.05, 3.63) is 83.5 Å². The lowest BCUT2D eigenvalue weighted by molar-refractivity contribution is -0.145. The zero-order chi connectivity index (χ0) is 34.4. The Morgan fingerprint density at radius 2 is 1.78 bits per heavy atom. The van der Waals surface area contributed by atoms with Crippen LogP contribution in [0.2, 0.25) is 5.02 Å². The number of aliphatic carboxylic acids is 1. The number of aromatic nitrogens is 3. The first kappa shape index (κ1) is 32.5. The maximum atomic E-state index is 14.8. The molecule has 4 aromatic carbocycles. The molecular formula is C38H37ClFN5O5. The molecule has 2 aliphatic rings. The van der Waals surface area contributed by atoms with Gasteiger partial charge in [-0.3, -0.25) is 4.90 Å². The standard InChI is InChI=1S/C38H37ClFN5O5/c1-43-12-14-44(15-13-43)16-17-48-31-11-10-27-33(35(31)39)28-19-25(40)8-9-26(28)29-20-45-36(34(27)29)37(41-22-42-45)50-32(38(46)47)18-24-4-2-3-5-30(24)49-21-23-6-7-23/h2-5,8-11,19-20,22-23,32H,6-7,12-18,21H2,1H3,(H,46,47)/t32-/m1/s1. The second-order valence-corrected chi connectivity index (χ2v) is 13.6. The summed E-state index contributed by atoms with van der Waals surface area (Å²) in [6.07, 6.45) is 4.24. The molecule has 50 heavy (non-hydrogen) atoms. The number of rotatable bonds is 12. The first-order valence-corrected chi connectivity index (χ1v) is 17.3. The summed E-state index contributed by atoms with van der Waals surface area (Å²) in [4.78, 5) is 21.8. The largest absolute Gasteiger partial charge is 0.493 e. The third kappa shape index (κ3) is 6.36. The van der Waals surface area contributed by atoms with E-state index in [1.165, 1.54) is 18.5 Å². The normalized spacial score (nSPS) is 16.4. The Bertz CT molecular complexity index is 2230. The highest BCUT2D eigenvalue weighted by Crippen LogP contribution is 2.45. The van der Waals surface area contributed by atoms with Gasteiger partial charge in [0.25, 0.3) is 0 Å². The topological polar surface area (TPSA) is 102 Å². The number of likely N-dealkylation sites (N-methyl/N-ethyl adjacent to an activating group) is 1. The van der Waals surface area contributed by atoms with Crippen LogP contribution >= 0.6 is 11.6 Å². The van der Waals surface area contributed by atoms with Crippen LogP contribution in [0.3, 0.4) is 0 Å². The number of carboxylic acid groups (broad SMARTS) is 1. The molecule has 0 spiro atoms. The summed E-state index contributed by atoms with van der Waals surface area (Å²) >= 11 is 7.13. The average molecular weight is 698 g/mol. The van der Waals surface area contributed by atoms with Gasteiger partial charge in [-0.05, 0) is 77.9 Å². The van der Waals surface area contributed by atoms with Crippen LogP contribution in [0.25, 0.3) is 37.8 Å². The van der Waals surface area contributed by atoms with E-state index >= 15 is 0 Å². The van der Waals surface area contributed by atoms with Crippen LogP contribution in [-0.2, 0) is 11.2 Å². The summed E-state index contributed by atoms with van der Waals surface area (Å²) in [6, 6.07) is 15.8. The molecule has 12 heteroatoms. The van der Waals surface area contributed by atoms with Gasteiger partial charge in [-0.1, -0.05) is 35.9 Å². The van der Waals surface area contributed by atoms with Crippen LogP contribution in [0, 0.1) is 11.7 Å². The van der Waals surface area contributed by atoms with E-state index in [-0.39, 0.29) is 12.3 Å². The molecule has 1 N–H and O–H groups in total. The van der Waals surface area contributed by atoms with Gasteiger partial charge in [0.2, 0.25) is 12.0 Å². The molecule has 0 bridgehead atoms. The van der Waals surface area contributed by atoms with Crippen molar-refractivity contribution in [3.63, 3.8) is 0 Å². The van der Waals surface area contributed by atoms with E-state index in [1.807, 2.05) is 42.6 Å². The molecule has 1 atom stereocenters. The number of hydrogen-bond acceptors (Lipinski definition) is 8. The number of ether oxygens (including phenoxy) is 3. The zero-order valence-electron chi connectivity index (χ0n) is 27.6. The fraction of sp³-hybridized carbons (Fsp3) is 0.342. The average Bonchev–Trinajstić information content (AvgIpc) is 3.86. The van der Waals surface area contributed by atoms with Crippen molar-refractivity contribution in [1.29, 1.82) is 0 Å². The summed E-state index contributed by atoms with van der Waals surface area (Å²) < 4.78 is 35.0. The lowest BCUT2D eigenvalue weighted by Crippen LogP contribution is -2.45. The Balaban J connectivity index is 1.19. The van der Waals surface area contributed by atoms with E-state index < -0.39 is 17.9 Å². The van der Waals surface area contributed by atoms with Crippen molar-refractivity contribution in [2.75, 3.05) is 53.0 Å². The molecule has 1 saturated heterocycles. The van der Waals surface area contributed by atoms with E-state index in [9.17, 15) is 14.3 Å². The van der Waals surface area contributed by atoms with Crippen molar-refractivity contribution < 1.29 is 28.5 Å². The smallest absolute Gasteiger partial charge is 0.345 e. The number of halogens is 2. The predicted octanol–water partition coefficient (Wildman–Crippen LogP) is 6.47. The fourth-order valence-corrected chi connectivity index (χ4v) is 7.14. The Morgan fingerprint density at radius 1 is 0.980 bits per heavy atom. The number of benzene rings is 4. The molecule has 2 aromatic heterocycles. The first-order chi connectivity index (χ1) is 24.3. The summed E-state index contributed by atoms with van der Waals surface area (Å²) in [5.41, 5.74) is 1.21. The van der Waals surface area contributed by atoms with Gasteiger partial charge >= 0.3 is 5.97 Å². The van der Waals surface area contributed by atoms with Crippen LogP contribution < -0.4 is 14.2 Å². The minimum Gasteiger partial charge on any atom is -0.493 e. The number of nitrogens with zero attached hydrogens (tertiary/aromatic N) is 5. The van der Waals surface area contributed by atoms with E-state index in [0.29, 0.717) is 62.7 Å². The van der Waals surface area contributed by atoms with Gasteiger partial charge in [-0.2, -0.15) is 10.1 Å². The summed E-state index contributed by atoms with van der Waals surface area (Å²) in [5.74, 6) is 0.270. The lowest BCUT2D eigenvalue weighted by Gasteiger charge is -2.32. The van der Waals surface area contributed by atoms with Gasteiger partial charge in [0, 0.05) is 61.5 Å². The first-order valence-electron chi connectivity index (χ1n) is 17.0. The molecule has 1 saturated carbocycles. The molecule has 10 nitrogen and oxygen atoms in total. The SMILES string of the molecule is CN1CCN(CCOc2ccc3c(c2Cl)c2cc(F)ccc2c2cn4ncnc(O[C@H](Cc5ccccc5OCC5CC5)C(=O)O)c4c23)CC1. The minimum atomic E-state index is -1.27. The molecule has 6 aromatic rings. The number of para-hydroxylation sites is 1. The molecule has 0 unspecified atom stereocenters. The van der Waals surface area contributed by atoms with Crippen molar-refractivity contribution >= 4 is 55.4 Å². The monoisotopic (exact) mass is 697 g/mol. The molecule has 0 radical (unpaired) electrons. The number of carboxylic acids is 1. The minimum absolute atomic E-state index is 0.0641. The van der Waals surface area contributed by atoms with Gasteiger partial charge in [0.05, 0.1) is 11.6 Å². The van der Waals surface area contributed by atoms with E-state index in [4.69, 9.17) is 25.8 Å². The molecular weight excluding hydrogens is 661 g/mol. The second kappa shape index (κ2) is 13.5. The van der Waals surface area contributed by atoms with Gasteiger partial charge in [0.1, 0.15) is 35.8 Å². The predicted molar refractivity (Wildman–Crippen MR) is 190 cm³/mol. The van der Waals surface area contributed by atoms with E-state index in [1.54, 1.807) is 10.6 Å². The molecule has 0 amide bonds. The van der Waals surface area contributed by atoms with Gasteiger partial charge in [0.15, 0.2) is 0 Å². The van der Waals surface area contributed by atoms with Crippen molar-refractivity contribution in [1.82, 2.24) is 24.4 Å². The molecule has 1 aliphatic heterocycles. The maximum absolute atomic E-state index is 14.8. The van der Waals surface area contributed by atoms with Crippen LogP contribution in [-0.4, -0.2) is 94.6 Å². The fourth-order valence-electron chi connectivity index (χ4n) is 6.82. The second-order valence-electron chi connectivity index (χ2n) is 13.3. The Labute approximate surface area is 292 Å². The van der Waals surface area contributed by atoms with Gasteiger partial charge in [-0.15, -0.1) is 0 Å². The zero-order valence-corrected chi connectivity index (χ0v) is 28.4. The number of carbonyl (C=O) groups is 1. The highest BCUT2D eigenvalue weighted by Gasteiger charge is 2.27. The molecule has 3 heterocycles. The molecule has 2 fully saturated rings. The number of piperazine rings is 1. The van der Waals surface area contributed by atoms with Crippen molar-refractivity contribution in [3.8, 4) is 17.4 Å². The highest BCUT2D eigenvalue weighted by molar-refractivity contribution is 6.42. The van der Waals surface area contributed by atoms with Crippen LogP contribution in [0.1, 0.15) is 18.4 Å². The van der Waals surface area contributed by atoms with Gasteiger partial charge < -0.3 is 24.2 Å². The molecule has 258 valence electrons. The quantitative estimate of drug-likeness (QED) is 0.144.